The second kappa shape index (κ2) is 8.37. The Morgan fingerprint density at radius 1 is 1.42 bits per heavy atom. The number of rotatable bonds is 4. The third kappa shape index (κ3) is 5.78. The van der Waals surface area contributed by atoms with Crippen LogP contribution >= 0.6 is 24.0 Å². The van der Waals surface area contributed by atoms with E-state index in [2.05, 4.69) is 41.5 Å². The van der Waals surface area contributed by atoms with E-state index in [9.17, 15) is 0 Å². The van der Waals surface area contributed by atoms with Crippen LogP contribution in [0.5, 0.6) is 0 Å². The first-order valence-electron chi connectivity index (χ1n) is 6.45. The number of halogens is 1. The van der Waals surface area contributed by atoms with Crippen LogP contribution in [-0.2, 0) is 11.3 Å². The van der Waals surface area contributed by atoms with Crippen molar-refractivity contribution in [1.29, 1.82) is 0 Å². The van der Waals surface area contributed by atoms with Gasteiger partial charge in [0.15, 0.2) is 5.96 Å². The molecule has 1 atom stereocenters. The Morgan fingerprint density at radius 3 is 2.79 bits per heavy atom. The highest BCUT2D eigenvalue weighted by Crippen LogP contribution is 2.10. The molecule has 1 saturated heterocycles. The van der Waals surface area contributed by atoms with Crippen LogP contribution in [0.1, 0.15) is 24.0 Å². The molecule has 0 amide bonds. The molecule has 1 fully saturated rings. The summed E-state index contributed by atoms with van der Waals surface area (Å²) in [6, 6.07) is 8.32. The molecule has 0 radical (unpaired) electrons. The fraction of sp³-hybridized carbons (Fsp3) is 0.500. The Balaban J connectivity index is 0.00000180. The van der Waals surface area contributed by atoms with Crippen molar-refractivity contribution in [2.75, 3.05) is 13.2 Å². The van der Waals surface area contributed by atoms with Crippen LogP contribution in [-0.4, -0.2) is 25.2 Å². The summed E-state index contributed by atoms with van der Waals surface area (Å²) in [4.78, 5) is 4.31. The number of aliphatic imine (C=N–C) groups is 1. The van der Waals surface area contributed by atoms with Gasteiger partial charge in [-0.2, -0.15) is 0 Å². The minimum atomic E-state index is 0. The van der Waals surface area contributed by atoms with Crippen LogP contribution in [0.15, 0.2) is 29.3 Å². The molecule has 0 spiro atoms. The molecule has 0 bridgehead atoms. The second-order valence-corrected chi connectivity index (χ2v) is 4.70. The van der Waals surface area contributed by atoms with Crippen LogP contribution in [0.4, 0.5) is 0 Å². The van der Waals surface area contributed by atoms with Gasteiger partial charge in [-0.25, -0.2) is 4.99 Å². The molecule has 0 saturated carbocycles. The van der Waals surface area contributed by atoms with E-state index in [4.69, 9.17) is 10.5 Å². The van der Waals surface area contributed by atoms with E-state index in [-0.39, 0.29) is 30.1 Å². The summed E-state index contributed by atoms with van der Waals surface area (Å²) >= 11 is 0. The highest BCUT2D eigenvalue weighted by atomic mass is 127. The summed E-state index contributed by atoms with van der Waals surface area (Å²) in [6.45, 7) is 4.31. The van der Waals surface area contributed by atoms with Gasteiger partial charge in [-0.05, 0) is 25.3 Å². The standard InChI is InChI=1S/C14H21N3O.HI/c1-11-4-6-12(7-5-11)9-16-14(15)17-10-13-3-2-8-18-13;/h4-7,13H,2-3,8-10H2,1H3,(H3,15,16,17);1H. The number of aryl methyl sites for hydroxylation is 1. The summed E-state index contributed by atoms with van der Waals surface area (Å²) in [7, 11) is 0. The Bertz CT molecular complexity index is 400. The number of nitrogens with one attached hydrogen (secondary N) is 1. The van der Waals surface area contributed by atoms with Crippen molar-refractivity contribution >= 4 is 29.9 Å². The SMILES string of the molecule is Cc1ccc(CN=C(N)NCC2CCCO2)cc1.I. The van der Waals surface area contributed by atoms with Crippen LogP contribution in [0.25, 0.3) is 0 Å². The fourth-order valence-electron chi connectivity index (χ4n) is 1.95. The molecule has 1 aromatic rings. The molecule has 0 aromatic heterocycles. The summed E-state index contributed by atoms with van der Waals surface area (Å²) in [5.74, 6) is 0.492. The van der Waals surface area contributed by atoms with Gasteiger partial charge in [0.1, 0.15) is 0 Å². The molecule has 1 unspecified atom stereocenters. The van der Waals surface area contributed by atoms with Gasteiger partial charge in [-0.3, -0.25) is 0 Å². The maximum absolute atomic E-state index is 5.81. The molecule has 106 valence electrons. The zero-order valence-electron chi connectivity index (χ0n) is 11.3. The number of nitrogens with two attached hydrogens (primary N) is 1. The minimum absolute atomic E-state index is 0. The first-order chi connectivity index (χ1) is 8.74. The molecule has 4 nitrogen and oxygen atoms in total. The van der Waals surface area contributed by atoms with E-state index in [0.29, 0.717) is 12.5 Å². The van der Waals surface area contributed by atoms with Crippen LogP contribution in [0.2, 0.25) is 0 Å². The van der Waals surface area contributed by atoms with Crippen molar-refractivity contribution in [3.8, 4) is 0 Å². The first-order valence-corrected chi connectivity index (χ1v) is 6.45. The predicted octanol–water partition coefficient (Wildman–Crippen LogP) is 2.20. The normalized spacial score (nSPS) is 19.0. The van der Waals surface area contributed by atoms with Crippen molar-refractivity contribution in [2.45, 2.75) is 32.4 Å². The Labute approximate surface area is 131 Å². The molecule has 0 aliphatic carbocycles. The smallest absolute Gasteiger partial charge is 0.189 e. The number of hydrogen-bond donors (Lipinski definition) is 2. The van der Waals surface area contributed by atoms with Gasteiger partial charge in [-0.15, -0.1) is 24.0 Å². The highest BCUT2D eigenvalue weighted by Gasteiger charge is 2.14. The van der Waals surface area contributed by atoms with E-state index >= 15 is 0 Å². The summed E-state index contributed by atoms with van der Waals surface area (Å²) < 4.78 is 5.51. The minimum Gasteiger partial charge on any atom is -0.376 e. The molecule has 1 aromatic carbocycles. The molecule has 2 rings (SSSR count). The molecule has 19 heavy (non-hydrogen) atoms. The molecule has 1 heterocycles. The quantitative estimate of drug-likeness (QED) is 0.482. The average molecular weight is 375 g/mol. The summed E-state index contributed by atoms with van der Waals surface area (Å²) in [5, 5.41) is 3.11. The van der Waals surface area contributed by atoms with Crippen molar-refractivity contribution < 1.29 is 4.74 Å². The lowest BCUT2D eigenvalue weighted by atomic mass is 10.1. The van der Waals surface area contributed by atoms with E-state index in [0.717, 1.165) is 26.0 Å². The zero-order valence-corrected chi connectivity index (χ0v) is 13.6. The topological polar surface area (TPSA) is 59.6 Å². The first kappa shape index (κ1) is 16.2. The monoisotopic (exact) mass is 375 g/mol. The summed E-state index contributed by atoms with van der Waals surface area (Å²) in [5.41, 5.74) is 8.24. The predicted molar refractivity (Wildman–Crippen MR) is 88.9 cm³/mol. The molecule has 3 N–H and O–H groups in total. The molecule has 1 aliphatic rings. The van der Waals surface area contributed by atoms with Crippen molar-refractivity contribution in [3.63, 3.8) is 0 Å². The lowest BCUT2D eigenvalue weighted by Gasteiger charge is -2.11. The number of guanidine groups is 1. The number of benzene rings is 1. The lowest BCUT2D eigenvalue weighted by molar-refractivity contribution is 0.114. The maximum Gasteiger partial charge on any atom is 0.189 e. The molecular formula is C14H22IN3O. The van der Waals surface area contributed by atoms with Crippen molar-refractivity contribution in [3.05, 3.63) is 35.4 Å². The zero-order chi connectivity index (χ0) is 12.8. The van der Waals surface area contributed by atoms with Crippen LogP contribution in [0.3, 0.4) is 0 Å². The highest BCUT2D eigenvalue weighted by molar-refractivity contribution is 14.0. The number of nitrogens with zero attached hydrogens (tertiary/aromatic N) is 1. The van der Waals surface area contributed by atoms with Gasteiger partial charge >= 0.3 is 0 Å². The third-order valence-corrected chi connectivity index (χ3v) is 3.09. The largest absolute Gasteiger partial charge is 0.376 e. The van der Waals surface area contributed by atoms with Gasteiger partial charge in [0.2, 0.25) is 0 Å². The van der Waals surface area contributed by atoms with Crippen LogP contribution in [0, 0.1) is 6.92 Å². The molecular weight excluding hydrogens is 353 g/mol. The van der Waals surface area contributed by atoms with Crippen molar-refractivity contribution in [1.82, 2.24) is 5.32 Å². The Morgan fingerprint density at radius 2 is 2.16 bits per heavy atom. The van der Waals surface area contributed by atoms with Gasteiger partial charge < -0.3 is 15.8 Å². The maximum atomic E-state index is 5.81. The third-order valence-electron chi connectivity index (χ3n) is 3.09. The van der Waals surface area contributed by atoms with Gasteiger partial charge in [-0.1, -0.05) is 29.8 Å². The van der Waals surface area contributed by atoms with Crippen molar-refractivity contribution in [2.24, 2.45) is 10.7 Å². The Hall–Kier alpha value is -0.820. The van der Waals surface area contributed by atoms with E-state index < -0.39 is 0 Å². The lowest BCUT2D eigenvalue weighted by Crippen LogP contribution is -2.37. The van der Waals surface area contributed by atoms with E-state index in [1.165, 1.54) is 11.1 Å². The van der Waals surface area contributed by atoms with Crippen LogP contribution < -0.4 is 11.1 Å². The average Bonchev–Trinajstić information content (AvgIpc) is 2.89. The van der Waals surface area contributed by atoms with Gasteiger partial charge in [0.25, 0.3) is 0 Å². The molecule has 5 heteroatoms. The number of hydrogen-bond acceptors (Lipinski definition) is 2. The fourth-order valence-corrected chi connectivity index (χ4v) is 1.95. The van der Waals surface area contributed by atoms with Gasteiger partial charge in [0, 0.05) is 13.2 Å². The Kier molecular flexibility index (Phi) is 7.15. The number of ether oxygens (including phenoxy) is 1. The summed E-state index contributed by atoms with van der Waals surface area (Å²) in [6.07, 6.45) is 2.54. The van der Waals surface area contributed by atoms with E-state index in [1.807, 2.05) is 0 Å². The van der Waals surface area contributed by atoms with E-state index in [1.54, 1.807) is 0 Å². The molecule has 1 aliphatic heterocycles. The van der Waals surface area contributed by atoms with Gasteiger partial charge in [0.05, 0.1) is 12.6 Å². The second-order valence-electron chi connectivity index (χ2n) is 4.70.